The van der Waals surface area contributed by atoms with Crippen molar-refractivity contribution in [2.75, 3.05) is 13.1 Å². The van der Waals surface area contributed by atoms with Gasteiger partial charge in [-0.1, -0.05) is 24.3 Å². The molecule has 2 rings (SSSR count). The Morgan fingerprint density at radius 2 is 2.50 bits per heavy atom. The van der Waals surface area contributed by atoms with Crippen molar-refractivity contribution in [3.8, 4) is 0 Å². The van der Waals surface area contributed by atoms with Gasteiger partial charge in [0.1, 0.15) is 11.9 Å². The molecule has 0 aliphatic carbocycles. The summed E-state index contributed by atoms with van der Waals surface area (Å²) in [6.45, 7) is 3.59. The highest BCUT2D eigenvalue weighted by Gasteiger charge is 2.31. The minimum Gasteiger partial charge on any atom is -0.334 e. The second-order valence-electron chi connectivity index (χ2n) is 3.98. The molecule has 1 N–H and O–H groups in total. The number of nitrogens with one attached hydrogen (secondary N) is 1. The Morgan fingerprint density at radius 3 is 3.19 bits per heavy atom. The molecule has 5 nitrogen and oxygen atoms in total. The van der Waals surface area contributed by atoms with E-state index >= 15 is 0 Å². The van der Waals surface area contributed by atoms with Gasteiger partial charge in [-0.15, -0.1) is 5.10 Å². The lowest BCUT2D eigenvalue weighted by Crippen LogP contribution is -2.28. The zero-order chi connectivity index (χ0) is 11.4. The molecular formula is C10H16N4OS. The van der Waals surface area contributed by atoms with E-state index in [-0.39, 0.29) is 12.1 Å². The molecule has 1 fully saturated rings. The van der Waals surface area contributed by atoms with E-state index in [9.17, 15) is 4.79 Å². The van der Waals surface area contributed by atoms with Crippen LogP contribution < -0.4 is 5.32 Å². The fourth-order valence-electron chi connectivity index (χ4n) is 1.89. The van der Waals surface area contributed by atoms with Crippen molar-refractivity contribution in [2.45, 2.75) is 32.4 Å². The van der Waals surface area contributed by atoms with Gasteiger partial charge in [-0.2, -0.15) is 0 Å². The zero-order valence-electron chi connectivity index (χ0n) is 9.35. The van der Waals surface area contributed by atoms with E-state index in [0.717, 1.165) is 18.7 Å². The number of carbonyl (C=O) groups excluding carboxylic acids is 1. The molecule has 0 spiro atoms. The van der Waals surface area contributed by atoms with Crippen LogP contribution in [0.25, 0.3) is 0 Å². The van der Waals surface area contributed by atoms with Crippen LogP contribution in [0.5, 0.6) is 0 Å². The number of aromatic nitrogens is 2. The summed E-state index contributed by atoms with van der Waals surface area (Å²) in [5, 5.41) is 8.84. The summed E-state index contributed by atoms with van der Waals surface area (Å²) in [4.78, 5) is 13.5. The van der Waals surface area contributed by atoms with Crippen molar-refractivity contribution >= 4 is 17.4 Å². The van der Waals surface area contributed by atoms with E-state index in [1.807, 2.05) is 5.38 Å². The molecule has 1 amide bonds. The Hall–Kier alpha value is -1.01. The predicted molar refractivity (Wildman–Crippen MR) is 61.9 cm³/mol. The smallest absolute Gasteiger partial charge is 0.235 e. The van der Waals surface area contributed by atoms with Gasteiger partial charge in [0, 0.05) is 11.9 Å². The standard InChI is InChI=1S/C10H16N4OS/c1-2-3-4-5-14-6-9(15)11-10(14)8-7-16-13-12-8/h7,10H,2-6H2,1H3,(H,11,15). The van der Waals surface area contributed by atoms with Gasteiger partial charge in [0.05, 0.1) is 6.54 Å². The molecule has 2 heterocycles. The van der Waals surface area contributed by atoms with Crippen molar-refractivity contribution in [2.24, 2.45) is 0 Å². The summed E-state index contributed by atoms with van der Waals surface area (Å²) in [7, 11) is 0. The van der Waals surface area contributed by atoms with Crippen LogP contribution in [0.4, 0.5) is 0 Å². The third kappa shape index (κ3) is 2.56. The third-order valence-electron chi connectivity index (χ3n) is 2.72. The van der Waals surface area contributed by atoms with Gasteiger partial charge in [-0.25, -0.2) is 0 Å². The maximum absolute atomic E-state index is 11.4. The first-order valence-corrected chi connectivity index (χ1v) is 6.45. The van der Waals surface area contributed by atoms with Crippen molar-refractivity contribution in [1.82, 2.24) is 19.8 Å². The third-order valence-corrected chi connectivity index (χ3v) is 3.24. The molecule has 1 saturated heterocycles. The van der Waals surface area contributed by atoms with E-state index in [1.165, 1.54) is 24.4 Å². The Balaban J connectivity index is 1.96. The highest BCUT2D eigenvalue weighted by molar-refractivity contribution is 7.03. The molecule has 1 aliphatic heterocycles. The summed E-state index contributed by atoms with van der Waals surface area (Å²) >= 11 is 1.32. The first kappa shape index (κ1) is 11.5. The molecule has 0 radical (unpaired) electrons. The van der Waals surface area contributed by atoms with Gasteiger partial charge in [-0.3, -0.25) is 9.69 Å². The number of hydrogen-bond acceptors (Lipinski definition) is 5. The lowest BCUT2D eigenvalue weighted by Gasteiger charge is -2.20. The molecule has 88 valence electrons. The molecule has 1 aromatic heterocycles. The van der Waals surface area contributed by atoms with Crippen LogP contribution in [0.3, 0.4) is 0 Å². The van der Waals surface area contributed by atoms with E-state index in [2.05, 4.69) is 26.7 Å². The van der Waals surface area contributed by atoms with Crippen molar-refractivity contribution in [3.05, 3.63) is 11.1 Å². The predicted octanol–water partition coefficient (Wildman–Crippen LogP) is 1.16. The number of amides is 1. The van der Waals surface area contributed by atoms with Gasteiger partial charge in [0.15, 0.2) is 0 Å². The minimum absolute atomic E-state index is 0.0666. The number of carbonyl (C=O) groups is 1. The molecule has 0 saturated carbocycles. The average molecular weight is 240 g/mol. The highest BCUT2D eigenvalue weighted by Crippen LogP contribution is 2.21. The Morgan fingerprint density at radius 1 is 1.62 bits per heavy atom. The summed E-state index contributed by atoms with van der Waals surface area (Å²) < 4.78 is 3.84. The number of rotatable bonds is 5. The quantitative estimate of drug-likeness (QED) is 0.785. The van der Waals surface area contributed by atoms with Crippen molar-refractivity contribution in [3.63, 3.8) is 0 Å². The summed E-state index contributed by atoms with van der Waals surface area (Å²) in [5.41, 5.74) is 0.854. The minimum atomic E-state index is -0.0666. The normalized spacial score (nSPS) is 21.3. The van der Waals surface area contributed by atoms with Gasteiger partial charge in [0.2, 0.25) is 5.91 Å². The fraction of sp³-hybridized carbons (Fsp3) is 0.700. The fourth-order valence-corrected chi connectivity index (χ4v) is 2.36. The number of nitrogens with zero attached hydrogens (tertiary/aromatic N) is 3. The SMILES string of the molecule is CCCCCN1CC(=O)NC1c1csnn1. The van der Waals surface area contributed by atoms with Gasteiger partial charge in [-0.05, 0) is 18.0 Å². The van der Waals surface area contributed by atoms with Gasteiger partial charge >= 0.3 is 0 Å². The zero-order valence-corrected chi connectivity index (χ0v) is 10.2. The monoisotopic (exact) mass is 240 g/mol. The second-order valence-corrected chi connectivity index (χ2v) is 4.59. The van der Waals surface area contributed by atoms with Crippen LogP contribution in [0.2, 0.25) is 0 Å². The van der Waals surface area contributed by atoms with Crippen LogP contribution in [-0.2, 0) is 4.79 Å². The molecule has 1 aromatic rings. The van der Waals surface area contributed by atoms with Crippen LogP contribution >= 0.6 is 11.5 Å². The molecule has 1 atom stereocenters. The van der Waals surface area contributed by atoms with E-state index in [1.54, 1.807) is 0 Å². The summed E-state index contributed by atoms with van der Waals surface area (Å²) in [6.07, 6.45) is 3.45. The first-order valence-electron chi connectivity index (χ1n) is 5.61. The van der Waals surface area contributed by atoms with Gasteiger partial charge < -0.3 is 5.32 Å². The molecule has 1 aliphatic rings. The maximum Gasteiger partial charge on any atom is 0.235 e. The maximum atomic E-state index is 11.4. The number of hydrogen-bond donors (Lipinski definition) is 1. The van der Waals surface area contributed by atoms with E-state index in [0.29, 0.717) is 6.54 Å². The largest absolute Gasteiger partial charge is 0.334 e. The van der Waals surface area contributed by atoms with Crippen molar-refractivity contribution < 1.29 is 4.79 Å². The molecule has 0 aromatic carbocycles. The summed E-state index contributed by atoms with van der Waals surface area (Å²) in [6, 6.07) is 0. The first-order chi connectivity index (χ1) is 7.81. The van der Waals surface area contributed by atoms with Crippen LogP contribution in [0, 0.1) is 0 Å². The van der Waals surface area contributed by atoms with E-state index < -0.39 is 0 Å². The molecule has 6 heteroatoms. The molecule has 16 heavy (non-hydrogen) atoms. The van der Waals surface area contributed by atoms with Crippen LogP contribution in [-0.4, -0.2) is 33.5 Å². The van der Waals surface area contributed by atoms with Crippen LogP contribution in [0.1, 0.15) is 38.0 Å². The summed E-state index contributed by atoms with van der Waals surface area (Å²) in [5.74, 6) is 0.0782. The highest BCUT2D eigenvalue weighted by atomic mass is 32.1. The van der Waals surface area contributed by atoms with Crippen LogP contribution in [0.15, 0.2) is 5.38 Å². The lowest BCUT2D eigenvalue weighted by atomic mass is 10.2. The number of unbranched alkanes of at least 4 members (excludes halogenated alkanes) is 2. The molecule has 0 bridgehead atoms. The Labute approximate surface area is 99.0 Å². The second kappa shape index (κ2) is 5.36. The topological polar surface area (TPSA) is 58.1 Å². The molecule has 1 unspecified atom stereocenters. The Bertz CT molecular complexity index is 341. The lowest BCUT2D eigenvalue weighted by molar-refractivity contribution is -0.118. The average Bonchev–Trinajstić information content (AvgIpc) is 2.87. The molecular weight excluding hydrogens is 224 g/mol. The van der Waals surface area contributed by atoms with E-state index in [4.69, 9.17) is 0 Å². The van der Waals surface area contributed by atoms with Gasteiger partial charge in [0.25, 0.3) is 0 Å². The van der Waals surface area contributed by atoms with Crippen molar-refractivity contribution in [1.29, 1.82) is 0 Å². The Kier molecular flexibility index (Phi) is 3.84.